The van der Waals surface area contributed by atoms with Crippen LogP contribution in [0.15, 0.2) is 47.4 Å². The highest BCUT2D eigenvalue weighted by Crippen LogP contribution is 2.34. The SMILES string of the molecule is C[C@H]1C(=O)Nc2ccc(S(=O)(=O)N3CC[NH+](Cc4cccc(Cl)c4)CC3)cc21. The molecule has 4 rings (SSSR count). The average molecular weight is 421 g/mol. The number of sulfonamides is 1. The van der Waals surface area contributed by atoms with Gasteiger partial charge in [-0.3, -0.25) is 4.79 Å². The van der Waals surface area contributed by atoms with Gasteiger partial charge >= 0.3 is 0 Å². The van der Waals surface area contributed by atoms with Gasteiger partial charge in [-0.1, -0.05) is 23.7 Å². The maximum Gasteiger partial charge on any atom is 0.243 e. The number of anilines is 1. The van der Waals surface area contributed by atoms with Crippen LogP contribution in [0.5, 0.6) is 0 Å². The first-order valence-corrected chi connectivity index (χ1v) is 11.2. The summed E-state index contributed by atoms with van der Waals surface area (Å²) in [5, 5.41) is 3.50. The standard InChI is InChI=1S/C20H22ClN3O3S/c1-14-18-12-17(5-6-19(18)22-20(14)25)28(26,27)24-9-7-23(8-10-24)13-15-3-2-4-16(21)11-15/h2-6,11-12,14H,7-10,13H2,1H3,(H,22,25)/p+1/t14-/m1/s1. The van der Waals surface area contributed by atoms with E-state index in [1.807, 2.05) is 24.3 Å². The first kappa shape index (κ1) is 19.4. The highest BCUT2D eigenvalue weighted by atomic mass is 35.5. The van der Waals surface area contributed by atoms with Gasteiger partial charge in [-0.05, 0) is 42.8 Å². The van der Waals surface area contributed by atoms with Crippen molar-refractivity contribution >= 4 is 33.2 Å². The van der Waals surface area contributed by atoms with Gasteiger partial charge in [0.05, 0.1) is 37.0 Å². The minimum absolute atomic E-state index is 0.0947. The average Bonchev–Trinajstić information content (AvgIpc) is 2.96. The van der Waals surface area contributed by atoms with Crippen LogP contribution in [0.25, 0.3) is 0 Å². The summed E-state index contributed by atoms with van der Waals surface area (Å²) in [5.74, 6) is -0.424. The van der Waals surface area contributed by atoms with E-state index in [0.29, 0.717) is 18.8 Å². The smallest absolute Gasteiger partial charge is 0.243 e. The van der Waals surface area contributed by atoms with Crippen LogP contribution in [0.1, 0.15) is 24.0 Å². The van der Waals surface area contributed by atoms with Crippen LogP contribution in [-0.2, 0) is 21.4 Å². The molecule has 148 valence electrons. The van der Waals surface area contributed by atoms with Crippen molar-refractivity contribution < 1.29 is 18.1 Å². The number of quaternary nitrogens is 1. The second-order valence-corrected chi connectivity index (χ2v) is 9.80. The number of carbonyl (C=O) groups excluding carboxylic acids is 1. The fourth-order valence-corrected chi connectivity index (χ4v) is 5.55. The van der Waals surface area contributed by atoms with Gasteiger partial charge in [-0.25, -0.2) is 8.42 Å². The van der Waals surface area contributed by atoms with Crippen LogP contribution in [0.2, 0.25) is 5.02 Å². The van der Waals surface area contributed by atoms with Gasteiger partial charge in [0.25, 0.3) is 0 Å². The first-order valence-electron chi connectivity index (χ1n) is 9.37. The van der Waals surface area contributed by atoms with Crippen molar-refractivity contribution in [1.29, 1.82) is 0 Å². The summed E-state index contributed by atoms with van der Waals surface area (Å²) in [7, 11) is -3.57. The Morgan fingerprint density at radius 1 is 1.18 bits per heavy atom. The zero-order valence-corrected chi connectivity index (χ0v) is 17.2. The van der Waals surface area contributed by atoms with Gasteiger partial charge in [0, 0.05) is 16.3 Å². The quantitative estimate of drug-likeness (QED) is 0.787. The van der Waals surface area contributed by atoms with Crippen molar-refractivity contribution in [2.75, 3.05) is 31.5 Å². The molecule has 28 heavy (non-hydrogen) atoms. The minimum Gasteiger partial charge on any atom is -0.329 e. The molecule has 2 heterocycles. The lowest BCUT2D eigenvalue weighted by molar-refractivity contribution is -0.917. The Balaban J connectivity index is 1.45. The van der Waals surface area contributed by atoms with Gasteiger partial charge in [-0.15, -0.1) is 0 Å². The van der Waals surface area contributed by atoms with Crippen molar-refractivity contribution in [3.8, 4) is 0 Å². The maximum atomic E-state index is 13.1. The molecule has 2 aliphatic rings. The largest absolute Gasteiger partial charge is 0.329 e. The summed E-state index contributed by atoms with van der Waals surface area (Å²) >= 11 is 6.05. The third kappa shape index (κ3) is 3.67. The van der Waals surface area contributed by atoms with Gasteiger partial charge in [0.15, 0.2) is 0 Å². The fraction of sp³-hybridized carbons (Fsp3) is 0.350. The molecule has 8 heteroatoms. The molecule has 0 radical (unpaired) electrons. The minimum atomic E-state index is -3.57. The molecule has 0 bridgehead atoms. The molecule has 2 N–H and O–H groups in total. The molecule has 1 fully saturated rings. The Morgan fingerprint density at radius 2 is 1.93 bits per heavy atom. The monoisotopic (exact) mass is 420 g/mol. The molecule has 1 amide bonds. The van der Waals surface area contributed by atoms with Crippen molar-refractivity contribution in [1.82, 2.24) is 4.31 Å². The summed E-state index contributed by atoms with van der Waals surface area (Å²) < 4.78 is 27.7. The number of nitrogens with zero attached hydrogens (tertiary/aromatic N) is 1. The van der Waals surface area contributed by atoms with E-state index in [1.54, 1.807) is 29.4 Å². The predicted octanol–water partition coefficient (Wildman–Crippen LogP) is 1.49. The lowest BCUT2D eigenvalue weighted by Crippen LogP contribution is -3.13. The summed E-state index contributed by atoms with van der Waals surface area (Å²) in [6.45, 7) is 5.05. The van der Waals surface area contributed by atoms with Crippen LogP contribution in [0.3, 0.4) is 0 Å². The number of hydrogen-bond donors (Lipinski definition) is 2. The third-order valence-corrected chi connectivity index (χ3v) is 7.68. The second kappa shape index (κ2) is 7.48. The zero-order chi connectivity index (χ0) is 19.9. The fourth-order valence-electron chi connectivity index (χ4n) is 3.86. The number of nitrogens with one attached hydrogen (secondary N) is 2. The van der Waals surface area contributed by atoms with Gasteiger partial charge in [-0.2, -0.15) is 4.31 Å². The van der Waals surface area contributed by atoms with E-state index in [9.17, 15) is 13.2 Å². The topological polar surface area (TPSA) is 70.9 Å². The van der Waals surface area contributed by atoms with E-state index < -0.39 is 10.0 Å². The van der Waals surface area contributed by atoms with Gasteiger partial charge in [0.1, 0.15) is 6.54 Å². The number of benzene rings is 2. The Hall–Kier alpha value is -1.93. The van der Waals surface area contributed by atoms with E-state index in [2.05, 4.69) is 5.32 Å². The molecule has 0 aliphatic carbocycles. The molecule has 1 saturated heterocycles. The Labute approximate surface area is 170 Å². The number of fused-ring (bicyclic) bond motifs is 1. The Bertz CT molecular complexity index is 1020. The van der Waals surface area contributed by atoms with Gasteiger partial charge in [0.2, 0.25) is 15.9 Å². The van der Waals surface area contributed by atoms with Gasteiger partial charge < -0.3 is 10.2 Å². The second-order valence-electron chi connectivity index (χ2n) is 7.42. The third-order valence-electron chi connectivity index (χ3n) is 5.55. The molecule has 2 aromatic rings. The van der Waals surface area contributed by atoms with Crippen LogP contribution in [0, 0.1) is 0 Å². The Kier molecular flexibility index (Phi) is 5.18. The number of hydrogen-bond acceptors (Lipinski definition) is 3. The Morgan fingerprint density at radius 3 is 2.64 bits per heavy atom. The van der Waals surface area contributed by atoms with Crippen LogP contribution >= 0.6 is 11.6 Å². The molecule has 2 aliphatic heterocycles. The van der Waals surface area contributed by atoms with E-state index in [1.165, 1.54) is 4.90 Å². The molecule has 0 unspecified atom stereocenters. The molecule has 0 spiro atoms. The number of piperazine rings is 1. The molecule has 0 saturated carbocycles. The molecular weight excluding hydrogens is 398 g/mol. The van der Waals surface area contributed by atoms with Crippen LogP contribution in [0.4, 0.5) is 5.69 Å². The summed E-state index contributed by atoms with van der Waals surface area (Å²) in [4.78, 5) is 13.4. The first-order chi connectivity index (χ1) is 13.3. The molecular formula is C20H23ClN3O3S+. The van der Waals surface area contributed by atoms with E-state index in [4.69, 9.17) is 11.6 Å². The van der Waals surface area contributed by atoms with Crippen molar-refractivity contribution in [2.45, 2.75) is 24.3 Å². The van der Waals surface area contributed by atoms with E-state index in [0.717, 1.165) is 35.8 Å². The lowest BCUT2D eigenvalue weighted by Gasteiger charge is -2.31. The summed E-state index contributed by atoms with van der Waals surface area (Å²) in [6, 6.07) is 12.7. The predicted molar refractivity (Wildman–Crippen MR) is 108 cm³/mol. The number of carbonyl (C=O) groups is 1. The lowest BCUT2D eigenvalue weighted by atomic mass is 10.0. The highest BCUT2D eigenvalue weighted by Gasteiger charge is 2.33. The van der Waals surface area contributed by atoms with E-state index in [-0.39, 0.29) is 16.7 Å². The van der Waals surface area contributed by atoms with Crippen LogP contribution in [-0.4, -0.2) is 44.8 Å². The number of halogens is 1. The molecule has 2 aromatic carbocycles. The summed E-state index contributed by atoms with van der Waals surface area (Å²) in [5.41, 5.74) is 2.60. The zero-order valence-electron chi connectivity index (χ0n) is 15.6. The highest BCUT2D eigenvalue weighted by molar-refractivity contribution is 7.89. The number of amides is 1. The maximum absolute atomic E-state index is 13.1. The van der Waals surface area contributed by atoms with Crippen molar-refractivity contribution in [3.05, 3.63) is 58.6 Å². The van der Waals surface area contributed by atoms with Crippen molar-refractivity contribution in [3.63, 3.8) is 0 Å². The summed E-state index contributed by atoms with van der Waals surface area (Å²) in [6.07, 6.45) is 0. The van der Waals surface area contributed by atoms with Crippen LogP contribution < -0.4 is 10.2 Å². The number of rotatable bonds is 4. The normalized spacial score (nSPS) is 20.8. The molecule has 6 nitrogen and oxygen atoms in total. The molecule has 1 atom stereocenters. The van der Waals surface area contributed by atoms with E-state index >= 15 is 0 Å². The van der Waals surface area contributed by atoms with Crippen molar-refractivity contribution in [2.24, 2.45) is 0 Å². The molecule has 0 aromatic heterocycles.